The van der Waals surface area contributed by atoms with Crippen LogP contribution in [0.5, 0.6) is 0 Å². The molecule has 0 saturated heterocycles. The Hall–Kier alpha value is -1.88. The lowest BCUT2D eigenvalue weighted by Gasteiger charge is -2.04. The van der Waals surface area contributed by atoms with Crippen molar-refractivity contribution in [3.8, 4) is 0 Å². The summed E-state index contributed by atoms with van der Waals surface area (Å²) in [6, 6.07) is 8.70. The molecule has 1 N–H and O–H groups in total. The van der Waals surface area contributed by atoms with Crippen molar-refractivity contribution in [3.05, 3.63) is 47.4 Å². The van der Waals surface area contributed by atoms with Crippen LogP contribution in [0.2, 0.25) is 0 Å². The minimum absolute atomic E-state index is 0.289. The van der Waals surface area contributed by atoms with Crippen LogP contribution in [-0.4, -0.2) is 21.0 Å². The van der Waals surface area contributed by atoms with Gasteiger partial charge < -0.3 is 5.11 Å². The Bertz CT molecular complexity index is 597. The van der Waals surface area contributed by atoms with Gasteiger partial charge in [-0.15, -0.1) is 0 Å². The van der Waals surface area contributed by atoms with Gasteiger partial charge in [-0.2, -0.15) is 0 Å². The zero-order valence-electron chi connectivity index (χ0n) is 10.8. The van der Waals surface area contributed by atoms with E-state index in [2.05, 4.69) is 9.97 Å². The van der Waals surface area contributed by atoms with Crippen LogP contribution < -0.4 is 0 Å². The van der Waals surface area contributed by atoms with Gasteiger partial charge in [0.1, 0.15) is 10.9 Å². The van der Waals surface area contributed by atoms with E-state index in [1.54, 1.807) is 24.3 Å². The molecule has 4 nitrogen and oxygen atoms in total. The summed E-state index contributed by atoms with van der Waals surface area (Å²) in [4.78, 5) is 20.5. The molecule has 5 heteroatoms. The first-order chi connectivity index (χ1) is 9.08. The number of aromatic nitrogens is 2. The molecule has 0 spiro atoms. The largest absolute Gasteiger partial charge is 0.478 e. The molecule has 98 valence electrons. The van der Waals surface area contributed by atoms with E-state index in [4.69, 9.17) is 5.11 Å². The highest BCUT2D eigenvalue weighted by molar-refractivity contribution is 7.99. The third-order valence-corrected chi connectivity index (χ3v) is 3.44. The number of aryl methyl sites for hydroxylation is 2. The zero-order valence-corrected chi connectivity index (χ0v) is 11.6. The Morgan fingerprint density at radius 3 is 2.53 bits per heavy atom. The SMILES string of the molecule is CCc1nc(C)cc(Sc2ccc(C(=O)O)cc2)n1. The molecule has 1 aromatic carbocycles. The third-order valence-electron chi connectivity index (χ3n) is 2.52. The lowest BCUT2D eigenvalue weighted by molar-refractivity contribution is 0.0697. The molecule has 0 saturated carbocycles. The smallest absolute Gasteiger partial charge is 0.335 e. The number of hydrogen-bond donors (Lipinski definition) is 1. The summed E-state index contributed by atoms with van der Waals surface area (Å²) in [6.45, 7) is 3.96. The molecule has 1 heterocycles. The van der Waals surface area contributed by atoms with E-state index in [-0.39, 0.29) is 5.56 Å². The second-order valence-corrected chi connectivity index (χ2v) is 5.14. The summed E-state index contributed by atoms with van der Waals surface area (Å²) in [5, 5.41) is 9.72. The van der Waals surface area contributed by atoms with Crippen molar-refractivity contribution in [1.29, 1.82) is 0 Å². The number of hydrogen-bond acceptors (Lipinski definition) is 4. The number of carbonyl (C=O) groups is 1. The van der Waals surface area contributed by atoms with E-state index in [1.807, 2.05) is 19.9 Å². The van der Waals surface area contributed by atoms with E-state index in [0.717, 1.165) is 27.9 Å². The normalized spacial score (nSPS) is 10.4. The van der Waals surface area contributed by atoms with Crippen LogP contribution in [-0.2, 0) is 6.42 Å². The lowest BCUT2D eigenvalue weighted by Crippen LogP contribution is -1.97. The second-order valence-electron chi connectivity index (χ2n) is 4.05. The fourth-order valence-electron chi connectivity index (χ4n) is 1.60. The van der Waals surface area contributed by atoms with Crippen LogP contribution in [0.4, 0.5) is 0 Å². The Morgan fingerprint density at radius 2 is 1.95 bits per heavy atom. The van der Waals surface area contributed by atoms with Crippen molar-refractivity contribution in [1.82, 2.24) is 9.97 Å². The predicted octanol–water partition coefficient (Wildman–Crippen LogP) is 3.20. The molecule has 0 unspecified atom stereocenters. The molecular formula is C14H14N2O2S. The number of carboxylic acid groups (broad SMARTS) is 1. The van der Waals surface area contributed by atoms with Gasteiger partial charge in [0.25, 0.3) is 0 Å². The Morgan fingerprint density at radius 1 is 1.26 bits per heavy atom. The molecule has 0 fully saturated rings. The molecule has 19 heavy (non-hydrogen) atoms. The van der Waals surface area contributed by atoms with Gasteiger partial charge in [0, 0.05) is 17.0 Å². The van der Waals surface area contributed by atoms with Crippen molar-refractivity contribution in [2.24, 2.45) is 0 Å². The number of aromatic carboxylic acids is 1. The molecule has 0 amide bonds. The zero-order chi connectivity index (χ0) is 13.8. The van der Waals surface area contributed by atoms with E-state index in [9.17, 15) is 4.79 Å². The first kappa shape index (κ1) is 13.5. The Kier molecular flexibility index (Phi) is 4.16. The summed E-state index contributed by atoms with van der Waals surface area (Å²) in [6.07, 6.45) is 0.799. The first-order valence-corrected chi connectivity index (χ1v) is 6.76. The molecule has 0 radical (unpaired) electrons. The molecule has 0 aliphatic carbocycles. The topological polar surface area (TPSA) is 63.1 Å². The molecule has 1 aromatic heterocycles. The van der Waals surface area contributed by atoms with Crippen LogP contribution in [0.1, 0.15) is 28.8 Å². The first-order valence-electron chi connectivity index (χ1n) is 5.94. The highest BCUT2D eigenvalue weighted by atomic mass is 32.2. The van der Waals surface area contributed by atoms with Gasteiger partial charge in [-0.1, -0.05) is 18.7 Å². The standard InChI is InChI=1S/C14H14N2O2S/c1-3-12-15-9(2)8-13(16-12)19-11-6-4-10(5-7-11)14(17)18/h4-8H,3H2,1-2H3,(H,17,18). The molecule has 0 bridgehead atoms. The molecule has 2 rings (SSSR count). The van der Waals surface area contributed by atoms with Gasteiger partial charge in [-0.25, -0.2) is 14.8 Å². The summed E-state index contributed by atoms with van der Waals surface area (Å²) < 4.78 is 0. The van der Waals surface area contributed by atoms with Gasteiger partial charge in [0.05, 0.1) is 5.56 Å². The molecule has 0 atom stereocenters. The fraction of sp³-hybridized carbons (Fsp3) is 0.214. The van der Waals surface area contributed by atoms with Gasteiger partial charge >= 0.3 is 5.97 Å². The minimum Gasteiger partial charge on any atom is -0.478 e. The Labute approximate surface area is 115 Å². The molecule has 0 aliphatic rings. The summed E-state index contributed by atoms with van der Waals surface area (Å²) >= 11 is 1.51. The van der Waals surface area contributed by atoms with Crippen LogP contribution in [0.25, 0.3) is 0 Å². The predicted molar refractivity (Wildman–Crippen MR) is 73.7 cm³/mol. The summed E-state index contributed by atoms with van der Waals surface area (Å²) in [5.41, 5.74) is 1.23. The van der Waals surface area contributed by atoms with Crippen LogP contribution in [0.15, 0.2) is 40.3 Å². The van der Waals surface area contributed by atoms with Gasteiger partial charge in [-0.3, -0.25) is 0 Å². The van der Waals surface area contributed by atoms with E-state index >= 15 is 0 Å². The number of nitrogens with zero attached hydrogens (tertiary/aromatic N) is 2. The monoisotopic (exact) mass is 274 g/mol. The van der Waals surface area contributed by atoms with Crippen molar-refractivity contribution in [2.75, 3.05) is 0 Å². The highest BCUT2D eigenvalue weighted by Gasteiger charge is 2.05. The van der Waals surface area contributed by atoms with Crippen molar-refractivity contribution in [2.45, 2.75) is 30.2 Å². The van der Waals surface area contributed by atoms with Gasteiger partial charge in [0.15, 0.2) is 0 Å². The highest BCUT2D eigenvalue weighted by Crippen LogP contribution is 2.26. The molecular weight excluding hydrogens is 260 g/mol. The maximum atomic E-state index is 10.8. The molecule has 0 aliphatic heterocycles. The number of rotatable bonds is 4. The van der Waals surface area contributed by atoms with Crippen LogP contribution >= 0.6 is 11.8 Å². The van der Waals surface area contributed by atoms with E-state index < -0.39 is 5.97 Å². The fourth-order valence-corrected chi connectivity index (χ4v) is 2.49. The maximum Gasteiger partial charge on any atom is 0.335 e. The van der Waals surface area contributed by atoms with Crippen molar-refractivity contribution >= 4 is 17.7 Å². The minimum atomic E-state index is -0.914. The average molecular weight is 274 g/mol. The second kappa shape index (κ2) is 5.84. The number of carboxylic acids is 1. The van der Waals surface area contributed by atoms with Gasteiger partial charge in [0.2, 0.25) is 0 Å². The maximum absolute atomic E-state index is 10.8. The van der Waals surface area contributed by atoms with Crippen LogP contribution in [0, 0.1) is 6.92 Å². The lowest BCUT2D eigenvalue weighted by atomic mass is 10.2. The van der Waals surface area contributed by atoms with E-state index in [0.29, 0.717) is 0 Å². The summed E-state index contributed by atoms with van der Waals surface area (Å²) in [5.74, 6) is -0.0904. The number of benzene rings is 1. The van der Waals surface area contributed by atoms with Crippen LogP contribution in [0.3, 0.4) is 0 Å². The molecule has 2 aromatic rings. The van der Waals surface area contributed by atoms with E-state index in [1.165, 1.54) is 11.8 Å². The van der Waals surface area contributed by atoms with Crippen molar-refractivity contribution < 1.29 is 9.90 Å². The Balaban J connectivity index is 2.21. The van der Waals surface area contributed by atoms with Crippen molar-refractivity contribution in [3.63, 3.8) is 0 Å². The summed E-state index contributed by atoms with van der Waals surface area (Å²) in [7, 11) is 0. The van der Waals surface area contributed by atoms with Gasteiger partial charge in [-0.05, 0) is 37.3 Å². The average Bonchev–Trinajstić information content (AvgIpc) is 2.38. The third kappa shape index (κ3) is 3.54. The quantitative estimate of drug-likeness (QED) is 0.867.